The lowest BCUT2D eigenvalue weighted by Crippen LogP contribution is -2.31. The number of imide groups is 1. The summed E-state index contributed by atoms with van der Waals surface area (Å²) in [6, 6.07) is 0. The van der Waals surface area contributed by atoms with Gasteiger partial charge in [-0.25, -0.2) is 0 Å². The Morgan fingerprint density at radius 3 is 1.29 bits per heavy atom. The smallest absolute Gasteiger partial charge is 0.233 e. The fourth-order valence-electron chi connectivity index (χ4n) is 6.29. The summed E-state index contributed by atoms with van der Waals surface area (Å²) in [5, 5.41) is 0. The van der Waals surface area contributed by atoms with Crippen LogP contribution in [0.1, 0.15) is 206 Å². The van der Waals surface area contributed by atoms with Crippen LogP contribution in [-0.2, 0) is 9.59 Å². The highest BCUT2D eigenvalue weighted by atomic mass is 16.2. The molecule has 2 amide bonds. The molecule has 0 aromatic heterocycles. The van der Waals surface area contributed by atoms with Crippen molar-refractivity contribution in [2.24, 2.45) is 5.92 Å². The van der Waals surface area contributed by atoms with Gasteiger partial charge in [-0.1, -0.05) is 187 Å². The second-order valence-corrected chi connectivity index (χ2v) is 13.1. The van der Waals surface area contributed by atoms with E-state index in [1.54, 1.807) is 4.90 Å². The Kier molecular flexibility index (Phi) is 26.8. The molecule has 0 spiro atoms. The average Bonchev–Trinajstić information content (AvgIpc) is 3.24. The molecule has 0 aliphatic carbocycles. The molecule has 1 atom stereocenters. The van der Waals surface area contributed by atoms with Gasteiger partial charge in [-0.2, -0.15) is 0 Å². The first-order valence-electron chi connectivity index (χ1n) is 18.7. The number of carbonyl (C=O) groups excluding carboxylic acids is 2. The van der Waals surface area contributed by atoms with Gasteiger partial charge in [0.2, 0.25) is 11.8 Å². The third-order valence-electron chi connectivity index (χ3n) is 9.13. The number of hydrogen-bond acceptors (Lipinski definition) is 2. The number of allylic oxidation sites excluding steroid dienone is 2. The van der Waals surface area contributed by atoms with Crippen LogP contribution >= 0.6 is 0 Å². The maximum Gasteiger partial charge on any atom is 0.233 e. The molecule has 1 rings (SSSR count). The number of unbranched alkanes of at least 4 members (excludes halogenated alkanes) is 26. The summed E-state index contributed by atoms with van der Waals surface area (Å²) in [5.74, 6) is 0.0205. The van der Waals surface area contributed by atoms with Crippen molar-refractivity contribution in [1.82, 2.24) is 4.90 Å². The van der Waals surface area contributed by atoms with Crippen LogP contribution in [0.25, 0.3) is 0 Å². The van der Waals surface area contributed by atoms with Gasteiger partial charge in [0.25, 0.3) is 0 Å². The molecule has 3 heteroatoms. The van der Waals surface area contributed by atoms with Crippen molar-refractivity contribution in [3.8, 4) is 0 Å². The quantitative estimate of drug-likeness (QED) is 0.0470. The Bertz CT molecular complexity index is 628. The molecule has 3 nitrogen and oxygen atoms in total. The van der Waals surface area contributed by atoms with Gasteiger partial charge < -0.3 is 0 Å². The van der Waals surface area contributed by atoms with E-state index in [2.05, 4.69) is 26.0 Å². The maximum absolute atomic E-state index is 12.7. The largest absolute Gasteiger partial charge is 0.282 e. The second kappa shape index (κ2) is 29.0. The summed E-state index contributed by atoms with van der Waals surface area (Å²) in [5.41, 5.74) is 0. The molecule has 240 valence electrons. The number of nitrogens with zero attached hydrogens (tertiary/aromatic N) is 1. The van der Waals surface area contributed by atoms with Crippen LogP contribution in [0.15, 0.2) is 12.2 Å². The minimum absolute atomic E-state index is 0.0553. The molecule has 1 saturated heterocycles. The zero-order valence-corrected chi connectivity index (χ0v) is 27.9. The lowest BCUT2D eigenvalue weighted by molar-refractivity contribution is -0.139. The standard InChI is InChI=1S/C38H71NO2/c1-3-5-7-9-11-13-15-17-19-20-22-24-26-28-30-32-34-39-37(40)35-36(38(39)41)33-31-29-27-25-23-21-18-16-14-12-10-8-6-4-2/h29,31,36H,3-28,30,32-35H2,1-2H3. The molecule has 1 aliphatic heterocycles. The third-order valence-corrected chi connectivity index (χ3v) is 9.13. The van der Waals surface area contributed by atoms with Crippen molar-refractivity contribution in [2.45, 2.75) is 206 Å². The fourth-order valence-corrected chi connectivity index (χ4v) is 6.29. The van der Waals surface area contributed by atoms with Gasteiger partial charge in [-0.15, -0.1) is 0 Å². The number of hydrogen-bond donors (Lipinski definition) is 0. The molecule has 1 fully saturated rings. The van der Waals surface area contributed by atoms with Crippen molar-refractivity contribution in [3.63, 3.8) is 0 Å². The molecule has 0 aromatic carbocycles. The van der Waals surface area contributed by atoms with Crippen LogP contribution < -0.4 is 0 Å². The predicted octanol–water partition coefficient (Wildman–Crippen LogP) is 12.3. The highest BCUT2D eigenvalue weighted by Crippen LogP contribution is 2.24. The molecular formula is C38H71NO2. The predicted molar refractivity (Wildman–Crippen MR) is 179 cm³/mol. The van der Waals surface area contributed by atoms with E-state index < -0.39 is 0 Å². The monoisotopic (exact) mass is 574 g/mol. The van der Waals surface area contributed by atoms with Crippen LogP contribution in [0.5, 0.6) is 0 Å². The molecule has 1 aliphatic rings. The first-order chi connectivity index (χ1) is 20.2. The Morgan fingerprint density at radius 2 is 0.878 bits per heavy atom. The molecule has 0 saturated carbocycles. The number of amides is 2. The maximum atomic E-state index is 12.7. The van der Waals surface area contributed by atoms with Crippen LogP contribution in [0, 0.1) is 5.92 Å². The Balaban J connectivity index is 1.91. The average molecular weight is 574 g/mol. The SMILES string of the molecule is CCCCCCCCCCCCCC=CCC1CC(=O)N(CCCCCCCCCCCCCCCCCC)C1=O. The minimum Gasteiger partial charge on any atom is -0.282 e. The van der Waals surface area contributed by atoms with Crippen molar-refractivity contribution >= 4 is 11.8 Å². The highest BCUT2D eigenvalue weighted by molar-refractivity contribution is 6.03. The van der Waals surface area contributed by atoms with E-state index in [1.807, 2.05) is 0 Å². The fraction of sp³-hybridized carbons (Fsp3) is 0.895. The lowest BCUT2D eigenvalue weighted by atomic mass is 10.0. The molecule has 41 heavy (non-hydrogen) atoms. The topological polar surface area (TPSA) is 37.4 Å². The van der Waals surface area contributed by atoms with E-state index >= 15 is 0 Å². The first kappa shape index (κ1) is 37.9. The Hall–Kier alpha value is -1.12. The van der Waals surface area contributed by atoms with Crippen LogP contribution in [0.2, 0.25) is 0 Å². The van der Waals surface area contributed by atoms with Crippen molar-refractivity contribution in [2.75, 3.05) is 6.54 Å². The Labute approximate surface area is 257 Å². The van der Waals surface area contributed by atoms with Gasteiger partial charge >= 0.3 is 0 Å². The van der Waals surface area contributed by atoms with E-state index in [9.17, 15) is 9.59 Å². The minimum atomic E-state index is -0.114. The van der Waals surface area contributed by atoms with E-state index in [0.717, 1.165) is 25.7 Å². The number of rotatable bonds is 31. The van der Waals surface area contributed by atoms with Crippen LogP contribution in [-0.4, -0.2) is 23.3 Å². The summed E-state index contributed by atoms with van der Waals surface area (Å²) < 4.78 is 0. The molecular weight excluding hydrogens is 502 g/mol. The van der Waals surface area contributed by atoms with Gasteiger partial charge in [0.1, 0.15) is 0 Å². The highest BCUT2D eigenvalue weighted by Gasteiger charge is 2.37. The molecule has 0 bridgehead atoms. The van der Waals surface area contributed by atoms with Crippen molar-refractivity contribution in [1.29, 1.82) is 0 Å². The van der Waals surface area contributed by atoms with E-state index in [0.29, 0.717) is 13.0 Å². The van der Waals surface area contributed by atoms with Gasteiger partial charge in [0.15, 0.2) is 0 Å². The van der Waals surface area contributed by atoms with Gasteiger partial charge in [0.05, 0.1) is 5.92 Å². The van der Waals surface area contributed by atoms with Crippen molar-refractivity contribution in [3.05, 3.63) is 12.2 Å². The van der Waals surface area contributed by atoms with Crippen LogP contribution in [0.4, 0.5) is 0 Å². The van der Waals surface area contributed by atoms with E-state index in [-0.39, 0.29) is 17.7 Å². The van der Waals surface area contributed by atoms with Gasteiger partial charge in [0, 0.05) is 13.0 Å². The summed E-state index contributed by atoms with van der Waals surface area (Å²) in [6.45, 7) is 5.20. The third kappa shape index (κ3) is 22.1. The van der Waals surface area contributed by atoms with Crippen LogP contribution in [0.3, 0.4) is 0 Å². The molecule has 0 radical (unpaired) electrons. The van der Waals surface area contributed by atoms with E-state index in [1.165, 1.54) is 161 Å². The summed E-state index contributed by atoms with van der Waals surface area (Å²) in [4.78, 5) is 26.7. The zero-order valence-electron chi connectivity index (χ0n) is 27.9. The van der Waals surface area contributed by atoms with Crippen molar-refractivity contribution < 1.29 is 9.59 Å². The summed E-state index contributed by atoms with van der Waals surface area (Å²) in [7, 11) is 0. The summed E-state index contributed by atoms with van der Waals surface area (Å²) >= 11 is 0. The molecule has 1 unspecified atom stereocenters. The lowest BCUT2D eigenvalue weighted by Gasteiger charge is -2.14. The molecule has 1 heterocycles. The Morgan fingerprint density at radius 1 is 0.512 bits per heavy atom. The molecule has 0 aromatic rings. The summed E-state index contributed by atoms with van der Waals surface area (Å²) in [6.07, 6.45) is 43.2. The second-order valence-electron chi connectivity index (χ2n) is 13.1. The van der Waals surface area contributed by atoms with Gasteiger partial charge in [-0.3, -0.25) is 14.5 Å². The van der Waals surface area contributed by atoms with E-state index in [4.69, 9.17) is 0 Å². The zero-order chi connectivity index (χ0) is 29.6. The van der Waals surface area contributed by atoms with Gasteiger partial charge in [-0.05, 0) is 25.7 Å². The normalized spacial score (nSPS) is 15.7. The number of carbonyl (C=O) groups is 2. The first-order valence-corrected chi connectivity index (χ1v) is 18.7. The molecule has 0 N–H and O–H groups in total. The number of likely N-dealkylation sites (tertiary alicyclic amines) is 1.